The van der Waals surface area contributed by atoms with E-state index in [1.54, 1.807) is 13.0 Å². The number of benzene rings is 2. The van der Waals surface area contributed by atoms with Gasteiger partial charge in [-0.3, -0.25) is 0 Å². The van der Waals surface area contributed by atoms with E-state index in [1.807, 2.05) is 0 Å². The van der Waals surface area contributed by atoms with Crippen molar-refractivity contribution in [1.29, 1.82) is 0 Å². The third-order valence-corrected chi connectivity index (χ3v) is 2.71. The Hall–Kier alpha value is -2.50. The number of aromatic carboxylic acids is 1. The van der Waals surface area contributed by atoms with E-state index < -0.39 is 34.7 Å². The molecular formula is C14H10F3NO2. The zero-order chi connectivity index (χ0) is 14.9. The lowest BCUT2D eigenvalue weighted by molar-refractivity contribution is 0.0697. The summed E-state index contributed by atoms with van der Waals surface area (Å²) in [6.07, 6.45) is 0. The predicted octanol–water partition coefficient (Wildman–Crippen LogP) is 3.85. The van der Waals surface area contributed by atoms with Crippen LogP contribution in [0.5, 0.6) is 0 Å². The fourth-order valence-electron chi connectivity index (χ4n) is 1.71. The maximum Gasteiger partial charge on any atom is 0.337 e. The van der Waals surface area contributed by atoms with Gasteiger partial charge in [-0.2, -0.15) is 0 Å². The quantitative estimate of drug-likeness (QED) is 0.898. The monoisotopic (exact) mass is 281 g/mol. The normalized spacial score (nSPS) is 10.4. The molecule has 0 fully saturated rings. The first-order valence-corrected chi connectivity index (χ1v) is 5.64. The van der Waals surface area contributed by atoms with Crippen LogP contribution in [0, 0.1) is 24.4 Å². The third kappa shape index (κ3) is 2.59. The highest BCUT2D eigenvalue weighted by Crippen LogP contribution is 2.28. The van der Waals surface area contributed by atoms with Gasteiger partial charge in [-0.25, -0.2) is 18.0 Å². The van der Waals surface area contributed by atoms with Gasteiger partial charge in [0.2, 0.25) is 0 Å². The second-order valence-corrected chi connectivity index (χ2v) is 4.20. The molecule has 3 nitrogen and oxygen atoms in total. The molecule has 6 heteroatoms. The number of anilines is 2. The molecular weight excluding hydrogens is 271 g/mol. The van der Waals surface area contributed by atoms with Crippen LogP contribution < -0.4 is 5.32 Å². The lowest BCUT2D eigenvalue weighted by Gasteiger charge is -2.12. The molecule has 0 spiro atoms. The summed E-state index contributed by atoms with van der Waals surface area (Å²) in [5.74, 6) is -4.72. The van der Waals surface area contributed by atoms with E-state index in [0.29, 0.717) is 11.6 Å². The van der Waals surface area contributed by atoms with Gasteiger partial charge in [0.25, 0.3) is 0 Å². The van der Waals surface area contributed by atoms with Crippen LogP contribution in [0.2, 0.25) is 0 Å². The molecule has 0 saturated carbocycles. The number of carbonyl (C=O) groups is 1. The van der Waals surface area contributed by atoms with Crippen molar-refractivity contribution in [2.24, 2.45) is 0 Å². The summed E-state index contributed by atoms with van der Waals surface area (Å²) in [5.41, 5.74) is -0.585. The van der Waals surface area contributed by atoms with Crippen molar-refractivity contribution in [1.82, 2.24) is 0 Å². The summed E-state index contributed by atoms with van der Waals surface area (Å²) in [7, 11) is 0. The summed E-state index contributed by atoms with van der Waals surface area (Å²) in [6.45, 7) is 1.66. The van der Waals surface area contributed by atoms with Crippen LogP contribution in [0.25, 0.3) is 0 Å². The average molecular weight is 281 g/mol. The second-order valence-electron chi connectivity index (χ2n) is 4.20. The minimum Gasteiger partial charge on any atom is -0.478 e. The lowest BCUT2D eigenvalue weighted by Crippen LogP contribution is -2.07. The van der Waals surface area contributed by atoms with Crippen molar-refractivity contribution >= 4 is 17.3 Å². The fraction of sp³-hybridized carbons (Fsp3) is 0.0714. The first kappa shape index (κ1) is 13.9. The number of carboxylic acid groups (broad SMARTS) is 1. The Morgan fingerprint density at radius 2 is 1.80 bits per heavy atom. The molecule has 0 aliphatic rings. The maximum atomic E-state index is 13.7. The Labute approximate surface area is 112 Å². The number of aryl methyl sites for hydroxylation is 1. The number of rotatable bonds is 3. The molecule has 0 heterocycles. The van der Waals surface area contributed by atoms with Crippen LogP contribution in [0.15, 0.2) is 30.3 Å². The molecule has 2 aromatic rings. The molecule has 0 radical (unpaired) electrons. The van der Waals surface area contributed by atoms with Gasteiger partial charge in [-0.1, -0.05) is 6.07 Å². The molecule has 2 N–H and O–H groups in total. The van der Waals surface area contributed by atoms with Crippen molar-refractivity contribution < 1.29 is 23.1 Å². The summed E-state index contributed by atoms with van der Waals surface area (Å²) >= 11 is 0. The van der Waals surface area contributed by atoms with Gasteiger partial charge >= 0.3 is 5.97 Å². The van der Waals surface area contributed by atoms with Crippen LogP contribution in [0.4, 0.5) is 24.5 Å². The van der Waals surface area contributed by atoms with Gasteiger partial charge < -0.3 is 10.4 Å². The molecule has 0 atom stereocenters. The first-order valence-electron chi connectivity index (χ1n) is 5.64. The predicted molar refractivity (Wildman–Crippen MR) is 67.7 cm³/mol. The molecule has 0 bridgehead atoms. The zero-order valence-corrected chi connectivity index (χ0v) is 10.4. The molecule has 2 rings (SSSR count). The summed E-state index contributed by atoms with van der Waals surface area (Å²) in [5, 5.41) is 11.2. The van der Waals surface area contributed by atoms with Crippen molar-refractivity contribution in [2.75, 3.05) is 5.32 Å². The summed E-state index contributed by atoms with van der Waals surface area (Å²) in [6, 6.07) is 5.69. The largest absolute Gasteiger partial charge is 0.478 e. The van der Waals surface area contributed by atoms with Crippen molar-refractivity contribution in [3.05, 3.63) is 58.9 Å². The maximum absolute atomic E-state index is 13.7. The van der Waals surface area contributed by atoms with E-state index >= 15 is 0 Å². The Morgan fingerprint density at radius 1 is 1.10 bits per heavy atom. The van der Waals surface area contributed by atoms with Gasteiger partial charge in [0.1, 0.15) is 5.82 Å². The molecule has 2 aromatic carbocycles. The second kappa shape index (κ2) is 5.24. The average Bonchev–Trinajstić information content (AvgIpc) is 2.37. The summed E-state index contributed by atoms with van der Waals surface area (Å²) < 4.78 is 40.6. The molecule has 0 unspecified atom stereocenters. The number of carboxylic acids is 1. The topological polar surface area (TPSA) is 49.3 Å². The van der Waals surface area contributed by atoms with Crippen LogP contribution in [-0.4, -0.2) is 11.1 Å². The molecule has 0 aromatic heterocycles. The number of hydrogen-bond donors (Lipinski definition) is 2. The highest BCUT2D eigenvalue weighted by Gasteiger charge is 2.19. The van der Waals surface area contributed by atoms with Crippen molar-refractivity contribution in [3.63, 3.8) is 0 Å². The van der Waals surface area contributed by atoms with Crippen molar-refractivity contribution in [2.45, 2.75) is 6.92 Å². The van der Waals surface area contributed by atoms with E-state index in [2.05, 4.69) is 5.32 Å². The number of halogens is 3. The minimum absolute atomic E-state index is 0.136. The van der Waals surface area contributed by atoms with E-state index in [4.69, 9.17) is 5.11 Å². The fourth-order valence-corrected chi connectivity index (χ4v) is 1.71. The van der Waals surface area contributed by atoms with Gasteiger partial charge in [-0.15, -0.1) is 0 Å². The number of nitrogens with one attached hydrogen (secondary N) is 1. The van der Waals surface area contributed by atoms with Crippen LogP contribution >= 0.6 is 0 Å². The minimum atomic E-state index is -1.45. The molecule has 20 heavy (non-hydrogen) atoms. The van der Waals surface area contributed by atoms with E-state index in [-0.39, 0.29) is 5.69 Å². The molecule has 0 saturated heterocycles. The first-order chi connectivity index (χ1) is 9.40. The van der Waals surface area contributed by atoms with Gasteiger partial charge in [0.15, 0.2) is 11.6 Å². The Bertz CT molecular complexity index is 686. The van der Waals surface area contributed by atoms with E-state index in [1.165, 1.54) is 12.1 Å². The van der Waals surface area contributed by atoms with Gasteiger partial charge in [-0.05, 0) is 36.8 Å². The van der Waals surface area contributed by atoms with Gasteiger partial charge in [0, 0.05) is 0 Å². The van der Waals surface area contributed by atoms with Crippen LogP contribution in [0.1, 0.15) is 15.9 Å². The highest BCUT2D eigenvalue weighted by molar-refractivity contribution is 5.95. The Balaban J connectivity index is 2.52. The van der Waals surface area contributed by atoms with Gasteiger partial charge in [0.05, 0.1) is 16.9 Å². The van der Waals surface area contributed by atoms with Crippen LogP contribution in [0.3, 0.4) is 0 Å². The standard InChI is InChI=1S/C14H10F3NO2/c1-7-2-5-11(10(16)6-7)18-13-8(14(19)20)3-4-9(15)12(13)17/h2-6,18H,1H3,(H,19,20). The zero-order valence-electron chi connectivity index (χ0n) is 10.4. The van der Waals surface area contributed by atoms with E-state index in [9.17, 15) is 18.0 Å². The Morgan fingerprint density at radius 3 is 2.40 bits per heavy atom. The molecule has 0 aliphatic heterocycles. The van der Waals surface area contributed by atoms with Crippen molar-refractivity contribution in [3.8, 4) is 0 Å². The third-order valence-electron chi connectivity index (χ3n) is 2.71. The number of hydrogen-bond acceptors (Lipinski definition) is 2. The smallest absolute Gasteiger partial charge is 0.337 e. The Kier molecular flexibility index (Phi) is 3.65. The van der Waals surface area contributed by atoms with E-state index in [0.717, 1.165) is 6.07 Å². The molecule has 104 valence electrons. The SMILES string of the molecule is Cc1ccc(Nc2c(C(=O)O)ccc(F)c2F)c(F)c1. The lowest BCUT2D eigenvalue weighted by atomic mass is 10.1. The molecule has 0 amide bonds. The molecule has 0 aliphatic carbocycles. The van der Waals surface area contributed by atoms with Crippen LogP contribution in [-0.2, 0) is 0 Å². The highest BCUT2D eigenvalue weighted by atomic mass is 19.2. The summed E-state index contributed by atoms with van der Waals surface area (Å²) in [4.78, 5) is 11.0.